The monoisotopic (exact) mass is 126 g/mol. The quantitative estimate of drug-likeness (QED) is 0.493. The predicted octanol–water partition coefficient (Wildman–Crippen LogP) is 1.60. The lowest BCUT2D eigenvalue weighted by Gasteiger charge is -1.69. The smallest absolute Gasteiger partial charge is 0.100 e. The molecule has 0 aliphatic carbocycles. The molecule has 1 aliphatic heterocycles. The first-order chi connectivity index (χ1) is 4.39. The molecule has 0 spiro atoms. The van der Waals surface area contributed by atoms with Crippen molar-refractivity contribution < 1.29 is 9.15 Å². The molecule has 2 heterocycles. The molecule has 0 amide bonds. The van der Waals surface area contributed by atoms with Crippen LogP contribution in [0, 0.1) is 6.92 Å². The second kappa shape index (κ2) is 3.30. The van der Waals surface area contributed by atoms with E-state index in [1.54, 1.807) is 6.26 Å². The van der Waals surface area contributed by atoms with E-state index in [0.717, 1.165) is 19.0 Å². The molecule has 0 N–H and O–H groups in total. The Morgan fingerprint density at radius 1 is 1.44 bits per heavy atom. The van der Waals surface area contributed by atoms with Crippen LogP contribution in [0.4, 0.5) is 0 Å². The Morgan fingerprint density at radius 3 is 2.22 bits per heavy atom. The van der Waals surface area contributed by atoms with Gasteiger partial charge in [0.1, 0.15) is 5.76 Å². The van der Waals surface area contributed by atoms with Gasteiger partial charge in [0.05, 0.1) is 19.5 Å². The van der Waals surface area contributed by atoms with Crippen molar-refractivity contribution in [2.75, 3.05) is 13.2 Å². The summed E-state index contributed by atoms with van der Waals surface area (Å²) in [5, 5.41) is 0. The molecule has 50 valence electrons. The molecule has 9 heavy (non-hydrogen) atoms. The molecule has 0 atom stereocenters. The van der Waals surface area contributed by atoms with Crippen LogP contribution in [0.25, 0.3) is 0 Å². The van der Waals surface area contributed by atoms with E-state index in [1.807, 2.05) is 19.1 Å². The van der Waals surface area contributed by atoms with Crippen LogP contribution in [0.1, 0.15) is 5.76 Å². The Bertz CT molecular complexity index is 139. The van der Waals surface area contributed by atoms with Crippen LogP contribution in [-0.4, -0.2) is 13.2 Å². The van der Waals surface area contributed by atoms with Crippen molar-refractivity contribution in [1.29, 1.82) is 0 Å². The van der Waals surface area contributed by atoms with Gasteiger partial charge in [0.15, 0.2) is 0 Å². The fraction of sp³-hybridized carbons (Fsp3) is 0.429. The average molecular weight is 126 g/mol. The first kappa shape index (κ1) is 6.36. The van der Waals surface area contributed by atoms with Gasteiger partial charge in [-0.2, -0.15) is 0 Å². The van der Waals surface area contributed by atoms with Crippen molar-refractivity contribution in [1.82, 2.24) is 0 Å². The van der Waals surface area contributed by atoms with Crippen LogP contribution in [0.15, 0.2) is 22.8 Å². The first-order valence-electron chi connectivity index (χ1n) is 2.97. The SMILES string of the molecule is C1CO1.Cc1ccco1. The fourth-order valence-corrected chi connectivity index (χ4v) is 0.361. The average Bonchev–Trinajstić information content (AvgIpc) is 2.64. The van der Waals surface area contributed by atoms with Gasteiger partial charge in [-0.1, -0.05) is 0 Å². The Kier molecular flexibility index (Phi) is 2.33. The van der Waals surface area contributed by atoms with Crippen LogP contribution < -0.4 is 0 Å². The summed E-state index contributed by atoms with van der Waals surface area (Å²) < 4.78 is 9.33. The normalized spacial score (nSPS) is 13.9. The number of rotatable bonds is 0. The van der Waals surface area contributed by atoms with E-state index in [4.69, 9.17) is 4.42 Å². The molecule has 1 saturated heterocycles. The summed E-state index contributed by atoms with van der Waals surface area (Å²) in [6.07, 6.45) is 1.66. The highest BCUT2D eigenvalue weighted by atomic mass is 16.6. The molecule has 2 rings (SSSR count). The molecule has 0 unspecified atom stereocenters. The summed E-state index contributed by atoms with van der Waals surface area (Å²) in [5.41, 5.74) is 0. The third kappa shape index (κ3) is 3.79. The first-order valence-corrected chi connectivity index (χ1v) is 2.97. The number of epoxide rings is 1. The van der Waals surface area contributed by atoms with Crippen molar-refractivity contribution in [2.45, 2.75) is 6.92 Å². The maximum absolute atomic E-state index is 4.83. The molecular formula is C7H10O2. The van der Waals surface area contributed by atoms with Gasteiger partial charge >= 0.3 is 0 Å². The number of furan rings is 1. The van der Waals surface area contributed by atoms with E-state index < -0.39 is 0 Å². The molecule has 0 bridgehead atoms. The minimum atomic E-state index is 0.968. The second-order valence-electron chi connectivity index (χ2n) is 1.84. The molecule has 0 aromatic carbocycles. The van der Waals surface area contributed by atoms with Crippen LogP contribution in [0.5, 0.6) is 0 Å². The van der Waals surface area contributed by atoms with Gasteiger partial charge in [0.25, 0.3) is 0 Å². The Balaban J connectivity index is 0.000000112. The van der Waals surface area contributed by atoms with Gasteiger partial charge in [-0.05, 0) is 19.1 Å². The third-order valence-electron chi connectivity index (χ3n) is 0.868. The van der Waals surface area contributed by atoms with E-state index in [9.17, 15) is 0 Å². The molecule has 0 radical (unpaired) electrons. The number of ether oxygens (including phenoxy) is 1. The summed E-state index contributed by atoms with van der Waals surface area (Å²) in [6, 6.07) is 3.79. The highest BCUT2D eigenvalue weighted by molar-refractivity contribution is 4.93. The van der Waals surface area contributed by atoms with Gasteiger partial charge in [-0.25, -0.2) is 0 Å². The summed E-state index contributed by atoms with van der Waals surface area (Å²) in [5.74, 6) is 0.968. The lowest BCUT2D eigenvalue weighted by atomic mass is 10.5. The van der Waals surface area contributed by atoms with Crippen LogP contribution >= 0.6 is 0 Å². The molecule has 1 aromatic rings. The van der Waals surface area contributed by atoms with Crippen LogP contribution in [0.3, 0.4) is 0 Å². The van der Waals surface area contributed by atoms with E-state index in [0.29, 0.717) is 0 Å². The molecule has 1 aliphatic rings. The minimum Gasteiger partial charge on any atom is -0.470 e. The highest BCUT2D eigenvalue weighted by Crippen LogP contribution is 1.93. The summed E-state index contributed by atoms with van der Waals surface area (Å²) >= 11 is 0. The van der Waals surface area contributed by atoms with Crippen LogP contribution in [0.2, 0.25) is 0 Å². The Morgan fingerprint density at radius 2 is 2.11 bits per heavy atom. The minimum absolute atomic E-state index is 0.968. The predicted molar refractivity (Wildman–Crippen MR) is 34.3 cm³/mol. The standard InChI is InChI=1S/C5H6O.C2H4O/c1-5-3-2-4-6-5;1-2-3-1/h2-4H,1H3;1-2H2. The molecule has 1 fully saturated rings. The van der Waals surface area contributed by atoms with Gasteiger partial charge in [-0.3, -0.25) is 0 Å². The van der Waals surface area contributed by atoms with Gasteiger partial charge < -0.3 is 9.15 Å². The van der Waals surface area contributed by atoms with E-state index in [-0.39, 0.29) is 0 Å². The highest BCUT2D eigenvalue weighted by Gasteiger charge is 1.94. The lowest BCUT2D eigenvalue weighted by Crippen LogP contribution is -1.48. The number of aryl methyl sites for hydroxylation is 1. The van der Waals surface area contributed by atoms with E-state index in [1.165, 1.54) is 0 Å². The number of hydrogen-bond donors (Lipinski definition) is 0. The van der Waals surface area contributed by atoms with E-state index in [2.05, 4.69) is 4.74 Å². The van der Waals surface area contributed by atoms with Crippen molar-refractivity contribution in [2.24, 2.45) is 0 Å². The van der Waals surface area contributed by atoms with Crippen molar-refractivity contribution >= 4 is 0 Å². The van der Waals surface area contributed by atoms with Gasteiger partial charge in [0.2, 0.25) is 0 Å². The maximum atomic E-state index is 4.83. The summed E-state index contributed by atoms with van der Waals surface area (Å²) in [6.45, 7) is 3.92. The van der Waals surface area contributed by atoms with Crippen molar-refractivity contribution in [3.05, 3.63) is 24.2 Å². The molecule has 2 nitrogen and oxygen atoms in total. The zero-order valence-electron chi connectivity index (χ0n) is 5.46. The fourth-order valence-electron chi connectivity index (χ4n) is 0.361. The van der Waals surface area contributed by atoms with E-state index >= 15 is 0 Å². The lowest BCUT2D eigenvalue weighted by molar-refractivity contribution is 0.475. The van der Waals surface area contributed by atoms with Crippen LogP contribution in [-0.2, 0) is 4.74 Å². The maximum Gasteiger partial charge on any atom is 0.100 e. The Hall–Kier alpha value is -0.760. The molecule has 0 saturated carbocycles. The largest absolute Gasteiger partial charge is 0.470 e. The zero-order valence-corrected chi connectivity index (χ0v) is 5.46. The third-order valence-corrected chi connectivity index (χ3v) is 0.868. The van der Waals surface area contributed by atoms with Crippen molar-refractivity contribution in [3.8, 4) is 0 Å². The van der Waals surface area contributed by atoms with Gasteiger partial charge in [0, 0.05) is 0 Å². The molecular weight excluding hydrogens is 116 g/mol. The topological polar surface area (TPSA) is 25.7 Å². The summed E-state index contributed by atoms with van der Waals surface area (Å²) in [4.78, 5) is 0. The van der Waals surface area contributed by atoms with Gasteiger partial charge in [-0.15, -0.1) is 0 Å². The Labute approximate surface area is 54.4 Å². The molecule has 2 heteroatoms. The zero-order chi connectivity index (χ0) is 6.53. The molecule has 1 aromatic heterocycles. The van der Waals surface area contributed by atoms with Crippen molar-refractivity contribution in [3.63, 3.8) is 0 Å². The summed E-state index contributed by atoms with van der Waals surface area (Å²) in [7, 11) is 0. The second-order valence-corrected chi connectivity index (χ2v) is 1.84. The number of hydrogen-bond acceptors (Lipinski definition) is 2.